The molecule has 9 nitrogen and oxygen atoms in total. The molecule has 0 atom stereocenters. The van der Waals surface area contributed by atoms with Gasteiger partial charge in [-0.3, -0.25) is 10.4 Å². The Bertz CT molecular complexity index is 981. The zero-order valence-corrected chi connectivity index (χ0v) is 13.8. The number of anilines is 2. The van der Waals surface area contributed by atoms with Crippen molar-refractivity contribution in [2.75, 3.05) is 10.6 Å². The van der Waals surface area contributed by atoms with Crippen molar-refractivity contribution in [1.82, 2.24) is 15.0 Å². The number of nitrogens with two attached hydrogens (primary N) is 1. The Hall–Kier alpha value is -3.88. The number of hydrogen-bond donors (Lipinski definition) is 5. The van der Waals surface area contributed by atoms with Crippen LogP contribution in [0, 0.1) is 10.9 Å². The second kappa shape index (κ2) is 7.79. The monoisotopic (exact) mass is 347 g/mol. The minimum absolute atomic E-state index is 0.0744. The maximum atomic E-state index is 7.68. The van der Waals surface area contributed by atoms with E-state index in [1.165, 1.54) is 18.5 Å². The molecule has 0 aliphatic heterocycles. The first-order valence-corrected chi connectivity index (χ1v) is 7.75. The van der Waals surface area contributed by atoms with Crippen molar-refractivity contribution in [3.8, 4) is 0 Å². The Morgan fingerprint density at radius 1 is 1.27 bits per heavy atom. The number of fused-ring (bicyclic) bond motifs is 1. The molecule has 2 heterocycles. The molecule has 3 rings (SSSR count). The van der Waals surface area contributed by atoms with E-state index in [2.05, 4.69) is 30.7 Å². The van der Waals surface area contributed by atoms with Gasteiger partial charge in [0.25, 0.3) is 0 Å². The summed E-state index contributed by atoms with van der Waals surface area (Å²) in [6.45, 7) is 0.478. The molecule has 26 heavy (non-hydrogen) atoms. The lowest BCUT2D eigenvalue weighted by Crippen LogP contribution is -2.11. The van der Waals surface area contributed by atoms with Crippen LogP contribution in [0.2, 0.25) is 0 Å². The number of pyridine rings is 1. The first-order chi connectivity index (χ1) is 12.7. The third-order valence-corrected chi connectivity index (χ3v) is 3.51. The van der Waals surface area contributed by atoms with Crippen molar-refractivity contribution >= 4 is 34.2 Å². The van der Waals surface area contributed by atoms with E-state index in [1.54, 1.807) is 6.20 Å². The summed E-state index contributed by atoms with van der Waals surface area (Å²) >= 11 is 0. The molecule has 130 valence electrons. The Labute approximate surface area is 149 Å². The maximum absolute atomic E-state index is 7.68. The second-order valence-electron chi connectivity index (χ2n) is 5.32. The molecule has 0 fully saturated rings. The second-order valence-corrected chi connectivity index (χ2v) is 5.32. The maximum Gasteiger partial charge on any atom is 0.216 e. The van der Waals surface area contributed by atoms with Crippen LogP contribution in [0.5, 0.6) is 0 Å². The molecule has 0 aliphatic rings. The third-order valence-electron chi connectivity index (χ3n) is 3.51. The quantitative estimate of drug-likeness (QED) is 0.263. The van der Waals surface area contributed by atoms with Gasteiger partial charge in [-0.25, -0.2) is 15.5 Å². The number of hydrogen-bond acceptors (Lipinski definition) is 8. The Morgan fingerprint density at radius 3 is 2.96 bits per heavy atom. The van der Waals surface area contributed by atoms with Crippen LogP contribution in [-0.4, -0.2) is 20.8 Å². The van der Waals surface area contributed by atoms with Crippen molar-refractivity contribution in [2.24, 2.45) is 10.8 Å². The van der Waals surface area contributed by atoms with Gasteiger partial charge >= 0.3 is 0 Å². The van der Waals surface area contributed by atoms with E-state index in [1.807, 2.05) is 30.3 Å². The molecule has 0 radical (unpaired) electrons. The van der Waals surface area contributed by atoms with E-state index >= 15 is 0 Å². The van der Waals surface area contributed by atoms with E-state index in [0.29, 0.717) is 18.2 Å². The summed E-state index contributed by atoms with van der Waals surface area (Å²) in [5.74, 6) is 0.941. The predicted octanol–water partition coefficient (Wildman–Crippen LogP) is 3.16. The Balaban J connectivity index is 1.78. The fourth-order valence-corrected chi connectivity index (χ4v) is 2.34. The first-order valence-electron chi connectivity index (χ1n) is 7.75. The number of nitrogens with one attached hydrogen (secondary N) is 4. The van der Waals surface area contributed by atoms with Crippen LogP contribution in [0.1, 0.15) is 5.56 Å². The summed E-state index contributed by atoms with van der Waals surface area (Å²) in [7, 11) is 0. The molecule has 2 aromatic heterocycles. The van der Waals surface area contributed by atoms with Gasteiger partial charge in [-0.2, -0.15) is 0 Å². The molecule has 0 unspecified atom stereocenters. The highest BCUT2D eigenvalue weighted by Gasteiger charge is 2.08. The molecule has 0 amide bonds. The number of nitrogens with zero attached hydrogens (tertiary/aromatic N) is 4. The lowest BCUT2D eigenvalue weighted by Gasteiger charge is -2.10. The van der Waals surface area contributed by atoms with Gasteiger partial charge in [0.15, 0.2) is 11.6 Å². The fraction of sp³-hybridized carbons (Fsp3) is 0.0588. The number of aromatic nitrogens is 3. The molecule has 6 N–H and O–H groups in total. The lowest BCUT2D eigenvalue weighted by molar-refractivity contribution is 1.04. The zero-order valence-electron chi connectivity index (χ0n) is 13.8. The first kappa shape index (κ1) is 17.0. The van der Waals surface area contributed by atoms with E-state index in [9.17, 15) is 0 Å². The largest absolute Gasteiger partial charge is 0.404 e. The molecular formula is C17H17N9. The molecule has 1 aromatic carbocycles. The lowest BCUT2D eigenvalue weighted by atomic mass is 10.1. The number of amidine groups is 1. The molecule has 0 bridgehead atoms. The number of rotatable bonds is 6. The highest BCUT2D eigenvalue weighted by molar-refractivity contribution is 6.00. The standard InChI is InChI=1S/C17H17N9/c18-6-5-14(19)24-15-10-23-17(26-20)16(25-15)22-9-11-3-4-13-12(8-11)2-1-7-21-13/h1-8,10,20H,9,18H2,(H3,19,22,24,25)/b6-5-,26-20?. The smallest absolute Gasteiger partial charge is 0.216 e. The van der Waals surface area contributed by atoms with Crippen molar-refractivity contribution < 1.29 is 0 Å². The zero-order chi connectivity index (χ0) is 18.4. The van der Waals surface area contributed by atoms with Gasteiger partial charge in [-0.15, -0.1) is 5.11 Å². The average Bonchev–Trinajstić information content (AvgIpc) is 2.66. The minimum Gasteiger partial charge on any atom is -0.404 e. The van der Waals surface area contributed by atoms with Crippen molar-refractivity contribution in [3.63, 3.8) is 0 Å². The molecule has 0 saturated heterocycles. The van der Waals surface area contributed by atoms with Gasteiger partial charge in [0.2, 0.25) is 5.82 Å². The van der Waals surface area contributed by atoms with Crippen LogP contribution in [0.3, 0.4) is 0 Å². The van der Waals surface area contributed by atoms with Crippen LogP contribution in [0.25, 0.3) is 10.9 Å². The normalized spacial score (nSPS) is 10.8. The summed E-state index contributed by atoms with van der Waals surface area (Å²) in [5.41, 5.74) is 14.4. The topological polar surface area (TPSA) is 149 Å². The third kappa shape index (κ3) is 3.96. The van der Waals surface area contributed by atoms with Crippen LogP contribution >= 0.6 is 0 Å². The highest BCUT2D eigenvalue weighted by atomic mass is 15.2. The van der Waals surface area contributed by atoms with Gasteiger partial charge in [-0.1, -0.05) is 12.1 Å². The van der Waals surface area contributed by atoms with Crippen LogP contribution in [0.4, 0.5) is 17.5 Å². The minimum atomic E-state index is 0.0744. The molecular weight excluding hydrogens is 330 g/mol. The number of benzene rings is 1. The van der Waals surface area contributed by atoms with Gasteiger partial charge in [0.1, 0.15) is 5.84 Å². The fourth-order valence-electron chi connectivity index (χ4n) is 2.34. The molecule has 0 aliphatic carbocycles. The molecule has 0 spiro atoms. The van der Waals surface area contributed by atoms with Crippen LogP contribution in [0.15, 0.2) is 60.1 Å². The summed E-state index contributed by atoms with van der Waals surface area (Å²) < 4.78 is 0. The molecule has 3 aromatic rings. The molecule has 9 heteroatoms. The summed E-state index contributed by atoms with van der Waals surface area (Å²) in [6, 6.07) is 9.84. The van der Waals surface area contributed by atoms with Crippen LogP contribution < -0.4 is 16.4 Å². The van der Waals surface area contributed by atoms with E-state index < -0.39 is 0 Å². The average molecular weight is 347 g/mol. The van der Waals surface area contributed by atoms with E-state index in [-0.39, 0.29) is 11.7 Å². The predicted molar refractivity (Wildman–Crippen MR) is 101 cm³/mol. The van der Waals surface area contributed by atoms with Gasteiger partial charge in [0, 0.05) is 18.1 Å². The highest BCUT2D eigenvalue weighted by Crippen LogP contribution is 2.22. The SMILES string of the molecule is N=Nc1ncc(NC(=N)/C=C\N)nc1NCc1ccc2ncccc2c1. The van der Waals surface area contributed by atoms with Crippen molar-refractivity contribution in [2.45, 2.75) is 6.54 Å². The van der Waals surface area contributed by atoms with Gasteiger partial charge < -0.3 is 16.4 Å². The van der Waals surface area contributed by atoms with E-state index in [4.69, 9.17) is 16.7 Å². The van der Waals surface area contributed by atoms with Crippen molar-refractivity contribution in [1.29, 1.82) is 10.9 Å². The Kier molecular flexibility index (Phi) is 5.08. The van der Waals surface area contributed by atoms with Gasteiger partial charge in [0.05, 0.1) is 11.7 Å². The summed E-state index contributed by atoms with van der Waals surface area (Å²) in [6.07, 6.45) is 5.80. The summed E-state index contributed by atoms with van der Waals surface area (Å²) in [5, 5.41) is 18.0. The van der Waals surface area contributed by atoms with Crippen LogP contribution in [-0.2, 0) is 6.54 Å². The van der Waals surface area contributed by atoms with E-state index in [0.717, 1.165) is 16.5 Å². The van der Waals surface area contributed by atoms with Crippen molar-refractivity contribution in [3.05, 3.63) is 60.6 Å². The summed E-state index contributed by atoms with van der Waals surface area (Å²) in [4.78, 5) is 12.7. The Morgan fingerprint density at radius 2 is 2.15 bits per heavy atom. The van der Waals surface area contributed by atoms with Gasteiger partial charge in [-0.05, 0) is 36.0 Å². The molecule has 0 saturated carbocycles.